The molecule has 7 heteroatoms. The van der Waals surface area contributed by atoms with Gasteiger partial charge in [0.15, 0.2) is 5.11 Å². The monoisotopic (exact) mass is 347 g/mol. The molecule has 0 aliphatic heterocycles. The van der Waals surface area contributed by atoms with Crippen LogP contribution in [0.3, 0.4) is 0 Å². The molecule has 0 atom stereocenters. The summed E-state index contributed by atoms with van der Waals surface area (Å²) in [7, 11) is 0. The quantitative estimate of drug-likeness (QED) is 0.744. The first-order chi connectivity index (χ1) is 11.0. The summed E-state index contributed by atoms with van der Waals surface area (Å²) in [6.45, 7) is 1.44. The van der Waals surface area contributed by atoms with Crippen molar-refractivity contribution in [2.75, 3.05) is 10.6 Å². The Morgan fingerprint density at radius 1 is 0.957 bits per heavy atom. The number of carbonyl (C=O) groups excluding carboxylic acids is 2. The number of rotatable bonds is 3. The van der Waals surface area contributed by atoms with Gasteiger partial charge in [0, 0.05) is 18.3 Å². The molecule has 0 aliphatic rings. The van der Waals surface area contributed by atoms with E-state index in [1.165, 1.54) is 6.92 Å². The third-order valence-corrected chi connectivity index (χ3v) is 3.34. The summed E-state index contributed by atoms with van der Waals surface area (Å²) >= 11 is 11.1. The molecule has 2 rings (SSSR count). The van der Waals surface area contributed by atoms with Gasteiger partial charge in [-0.3, -0.25) is 14.9 Å². The highest BCUT2D eigenvalue weighted by Gasteiger charge is 2.11. The van der Waals surface area contributed by atoms with Crippen LogP contribution in [0.2, 0.25) is 5.02 Å². The number of carbonyl (C=O) groups is 2. The number of nitrogens with one attached hydrogen (secondary N) is 3. The third-order valence-electron chi connectivity index (χ3n) is 2.81. The fourth-order valence-corrected chi connectivity index (χ4v) is 2.25. The maximum atomic E-state index is 12.1. The first kappa shape index (κ1) is 16.9. The Morgan fingerprint density at radius 2 is 1.52 bits per heavy atom. The van der Waals surface area contributed by atoms with Crippen LogP contribution in [0.4, 0.5) is 11.4 Å². The second-order valence-corrected chi connectivity index (χ2v) is 5.46. The number of hydrogen-bond donors (Lipinski definition) is 3. The third kappa shape index (κ3) is 5.05. The zero-order valence-electron chi connectivity index (χ0n) is 12.2. The smallest absolute Gasteiger partial charge is 0.258 e. The van der Waals surface area contributed by atoms with Gasteiger partial charge in [-0.2, -0.15) is 0 Å². The van der Waals surface area contributed by atoms with Crippen LogP contribution in [0.1, 0.15) is 17.3 Å². The molecule has 0 aliphatic carbocycles. The molecule has 0 saturated heterocycles. The first-order valence-corrected chi connectivity index (χ1v) is 7.49. The number of amides is 2. The Hall–Kier alpha value is -2.44. The summed E-state index contributed by atoms with van der Waals surface area (Å²) in [5.74, 6) is -0.531. The van der Waals surface area contributed by atoms with Crippen molar-refractivity contribution in [1.29, 1.82) is 0 Å². The number of benzene rings is 2. The minimum atomic E-state index is -0.386. The van der Waals surface area contributed by atoms with Gasteiger partial charge in [0.2, 0.25) is 5.91 Å². The lowest BCUT2D eigenvalue weighted by atomic mass is 10.2. The van der Waals surface area contributed by atoms with E-state index in [9.17, 15) is 9.59 Å². The molecule has 2 aromatic carbocycles. The summed E-state index contributed by atoms with van der Waals surface area (Å²) in [4.78, 5) is 23.0. The number of hydrogen-bond acceptors (Lipinski definition) is 3. The second-order valence-electron chi connectivity index (χ2n) is 4.65. The number of halogens is 1. The first-order valence-electron chi connectivity index (χ1n) is 6.70. The van der Waals surface area contributed by atoms with E-state index in [4.69, 9.17) is 23.8 Å². The van der Waals surface area contributed by atoms with Crippen LogP contribution in [-0.4, -0.2) is 16.9 Å². The molecule has 0 radical (unpaired) electrons. The Kier molecular flexibility index (Phi) is 5.67. The summed E-state index contributed by atoms with van der Waals surface area (Å²) in [5, 5.41) is 8.62. The molecular formula is C16H14ClN3O2S. The van der Waals surface area contributed by atoms with Gasteiger partial charge in [0.05, 0.1) is 10.6 Å². The molecule has 0 fully saturated rings. The minimum Gasteiger partial charge on any atom is -0.332 e. The molecule has 3 N–H and O–H groups in total. The average Bonchev–Trinajstić information content (AvgIpc) is 2.49. The van der Waals surface area contributed by atoms with E-state index < -0.39 is 0 Å². The number of thiocarbonyl (C=S) groups is 1. The van der Waals surface area contributed by atoms with Crippen LogP contribution in [0.25, 0.3) is 0 Å². The van der Waals surface area contributed by atoms with E-state index in [0.717, 1.165) is 0 Å². The number of anilines is 2. The standard InChI is InChI=1S/C16H14ClN3O2S/c1-10(21)18-11-6-8-12(9-7-11)19-16(23)20-15(22)13-4-2-3-5-14(13)17/h2-9H,1H3,(H,18,21)(H2,19,20,22,23). The molecule has 2 amide bonds. The summed E-state index contributed by atoms with van der Waals surface area (Å²) in [5.41, 5.74) is 1.71. The van der Waals surface area contributed by atoms with E-state index in [1.54, 1.807) is 48.5 Å². The highest BCUT2D eigenvalue weighted by atomic mass is 35.5. The van der Waals surface area contributed by atoms with E-state index in [1.807, 2.05) is 0 Å². The molecule has 23 heavy (non-hydrogen) atoms. The highest BCUT2D eigenvalue weighted by Crippen LogP contribution is 2.15. The van der Waals surface area contributed by atoms with Crippen molar-refractivity contribution in [2.24, 2.45) is 0 Å². The largest absolute Gasteiger partial charge is 0.332 e. The van der Waals surface area contributed by atoms with Crippen molar-refractivity contribution < 1.29 is 9.59 Å². The maximum absolute atomic E-state index is 12.1. The van der Waals surface area contributed by atoms with E-state index in [2.05, 4.69) is 16.0 Å². The molecule has 0 spiro atoms. The van der Waals surface area contributed by atoms with E-state index >= 15 is 0 Å². The van der Waals surface area contributed by atoms with Crippen LogP contribution >= 0.6 is 23.8 Å². The van der Waals surface area contributed by atoms with Gasteiger partial charge in [0.25, 0.3) is 5.91 Å². The topological polar surface area (TPSA) is 70.2 Å². The van der Waals surface area contributed by atoms with Gasteiger partial charge >= 0.3 is 0 Å². The summed E-state index contributed by atoms with van der Waals surface area (Å²) in [6, 6.07) is 13.6. The lowest BCUT2D eigenvalue weighted by molar-refractivity contribution is -0.114. The highest BCUT2D eigenvalue weighted by molar-refractivity contribution is 7.80. The minimum absolute atomic E-state index is 0.145. The molecule has 0 bridgehead atoms. The zero-order valence-corrected chi connectivity index (χ0v) is 13.8. The van der Waals surface area contributed by atoms with Crippen molar-refractivity contribution in [1.82, 2.24) is 5.32 Å². The summed E-state index contributed by atoms with van der Waals surface area (Å²) in [6.07, 6.45) is 0. The fourth-order valence-electron chi connectivity index (χ4n) is 1.82. The molecule has 0 heterocycles. The van der Waals surface area contributed by atoms with Crippen LogP contribution in [0.15, 0.2) is 48.5 Å². The lowest BCUT2D eigenvalue weighted by Crippen LogP contribution is -2.34. The molecule has 5 nitrogen and oxygen atoms in total. The van der Waals surface area contributed by atoms with E-state index in [0.29, 0.717) is 22.0 Å². The van der Waals surface area contributed by atoms with Crippen molar-refractivity contribution in [3.63, 3.8) is 0 Å². The Bertz CT molecular complexity index is 747. The lowest BCUT2D eigenvalue weighted by Gasteiger charge is -2.11. The Balaban J connectivity index is 1.95. The maximum Gasteiger partial charge on any atom is 0.258 e. The van der Waals surface area contributed by atoms with Crippen molar-refractivity contribution in [2.45, 2.75) is 6.92 Å². The predicted octanol–water partition coefficient (Wildman–Crippen LogP) is 3.43. The predicted molar refractivity (Wildman–Crippen MR) is 95.9 cm³/mol. The van der Waals surface area contributed by atoms with Crippen LogP contribution in [-0.2, 0) is 4.79 Å². The van der Waals surface area contributed by atoms with Gasteiger partial charge < -0.3 is 10.6 Å². The molecular weight excluding hydrogens is 334 g/mol. The molecule has 0 aromatic heterocycles. The Labute approximate surface area is 144 Å². The van der Waals surface area contributed by atoms with Gasteiger partial charge in [-0.05, 0) is 48.6 Å². The fraction of sp³-hybridized carbons (Fsp3) is 0.0625. The van der Waals surface area contributed by atoms with Crippen molar-refractivity contribution in [3.8, 4) is 0 Å². The summed E-state index contributed by atoms with van der Waals surface area (Å²) < 4.78 is 0. The second kappa shape index (κ2) is 7.71. The van der Waals surface area contributed by atoms with Gasteiger partial charge in [-0.15, -0.1) is 0 Å². The van der Waals surface area contributed by atoms with Gasteiger partial charge in [-0.25, -0.2) is 0 Å². The molecule has 0 unspecified atom stereocenters. The van der Waals surface area contributed by atoms with Crippen LogP contribution in [0, 0.1) is 0 Å². The molecule has 118 valence electrons. The molecule has 2 aromatic rings. The Morgan fingerprint density at radius 3 is 2.09 bits per heavy atom. The normalized spacial score (nSPS) is 9.83. The van der Waals surface area contributed by atoms with Crippen molar-refractivity contribution in [3.05, 3.63) is 59.1 Å². The van der Waals surface area contributed by atoms with Crippen LogP contribution < -0.4 is 16.0 Å². The van der Waals surface area contributed by atoms with Gasteiger partial charge in [0.1, 0.15) is 0 Å². The van der Waals surface area contributed by atoms with Crippen molar-refractivity contribution >= 4 is 52.1 Å². The SMILES string of the molecule is CC(=O)Nc1ccc(NC(=S)NC(=O)c2ccccc2Cl)cc1. The zero-order chi connectivity index (χ0) is 16.8. The van der Waals surface area contributed by atoms with Crippen LogP contribution in [0.5, 0.6) is 0 Å². The molecule has 0 saturated carbocycles. The average molecular weight is 348 g/mol. The van der Waals surface area contributed by atoms with E-state index in [-0.39, 0.29) is 16.9 Å². The van der Waals surface area contributed by atoms with Gasteiger partial charge in [-0.1, -0.05) is 23.7 Å².